The van der Waals surface area contributed by atoms with Gasteiger partial charge in [0, 0.05) is 11.0 Å². The molecule has 24 heavy (non-hydrogen) atoms. The van der Waals surface area contributed by atoms with Gasteiger partial charge in [-0.2, -0.15) is 5.10 Å². The second-order valence-electron chi connectivity index (χ2n) is 5.47. The molecule has 1 aliphatic heterocycles. The number of ether oxygens (including phenoxy) is 1. The third-order valence-electron chi connectivity index (χ3n) is 3.90. The summed E-state index contributed by atoms with van der Waals surface area (Å²) in [4.78, 5) is 24.8. The normalized spacial score (nSPS) is 17.8. The number of hydrogen-bond donors (Lipinski definition) is 1. The molecule has 126 valence electrons. The molecule has 0 aliphatic carbocycles. The predicted molar refractivity (Wildman–Crippen MR) is 88.7 cm³/mol. The van der Waals surface area contributed by atoms with Crippen molar-refractivity contribution in [2.75, 3.05) is 19.7 Å². The molecule has 1 amide bonds. The van der Waals surface area contributed by atoms with Gasteiger partial charge in [0.05, 0.1) is 18.1 Å². The molecule has 1 aliphatic rings. The molecule has 1 atom stereocenters. The van der Waals surface area contributed by atoms with Crippen LogP contribution < -0.4 is 0 Å². The van der Waals surface area contributed by atoms with Crippen LogP contribution in [0.1, 0.15) is 27.8 Å². The van der Waals surface area contributed by atoms with Crippen LogP contribution >= 0.6 is 15.9 Å². The van der Waals surface area contributed by atoms with Gasteiger partial charge in [-0.25, -0.2) is 0 Å². The minimum atomic E-state index is -0.585. The van der Waals surface area contributed by atoms with E-state index < -0.39 is 10.8 Å². The number of amides is 1. The van der Waals surface area contributed by atoms with Gasteiger partial charge in [-0.15, -0.1) is 0 Å². The SMILES string of the molecule is Cc1[nH]nc(C(=O)N2CCOC(c3ccc(Br)cc3)C2)c1[N+](=O)[O-]. The van der Waals surface area contributed by atoms with Crippen molar-refractivity contribution in [3.8, 4) is 0 Å². The summed E-state index contributed by atoms with van der Waals surface area (Å²) in [5.41, 5.74) is 0.783. The van der Waals surface area contributed by atoms with Crippen molar-refractivity contribution in [1.29, 1.82) is 0 Å². The Balaban J connectivity index is 1.81. The van der Waals surface area contributed by atoms with Crippen LogP contribution in [0, 0.1) is 17.0 Å². The fraction of sp³-hybridized carbons (Fsp3) is 0.333. The van der Waals surface area contributed by atoms with Gasteiger partial charge >= 0.3 is 5.69 Å². The van der Waals surface area contributed by atoms with E-state index in [9.17, 15) is 14.9 Å². The van der Waals surface area contributed by atoms with Gasteiger partial charge in [0.25, 0.3) is 5.91 Å². The lowest BCUT2D eigenvalue weighted by molar-refractivity contribution is -0.385. The Morgan fingerprint density at radius 1 is 1.46 bits per heavy atom. The van der Waals surface area contributed by atoms with Crippen LogP contribution in [-0.2, 0) is 4.74 Å². The minimum absolute atomic E-state index is 0.158. The Kier molecular flexibility index (Phi) is 4.63. The number of carbonyl (C=O) groups is 1. The molecule has 1 N–H and O–H groups in total. The molecule has 1 unspecified atom stereocenters. The number of H-pyrrole nitrogens is 1. The van der Waals surface area contributed by atoms with Crippen LogP contribution in [0.2, 0.25) is 0 Å². The highest BCUT2D eigenvalue weighted by molar-refractivity contribution is 9.10. The fourth-order valence-electron chi connectivity index (χ4n) is 2.66. The smallest absolute Gasteiger partial charge is 0.322 e. The lowest BCUT2D eigenvalue weighted by atomic mass is 10.1. The highest BCUT2D eigenvalue weighted by atomic mass is 79.9. The monoisotopic (exact) mass is 394 g/mol. The van der Waals surface area contributed by atoms with Crippen LogP contribution in [0.3, 0.4) is 0 Å². The second kappa shape index (κ2) is 6.70. The van der Waals surface area contributed by atoms with E-state index in [1.165, 1.54) is 6.92 Å². The van der Waals surface area contributed by atoms with Crippen molar-refractivity contribution in [3.05, 3.63) is 55.8 Å². The number of aromatic nitrogens is 2. The summed E-state index contributed by atoms with van der Waals surface area (Å²) in [6.07, 6.45) is -0.269. The number of aryl methyl sites for hydroxylation is 1. The van der Waals surface area contributed by atoms with E-state index in [1.807, 2.05) is 24.3 Å². The minimum Gasteiger partial charge on any atom is -0.370 e. The molecular formula is C15H15BrN4O4. The number of nitrogens with zero attached hydrogens (tertiary/aromatic N) is 3. The average Bonchev–Trinajstić information content (AvgIpc) is 2.97. The summed E-state index contributed by atoms with van der Waals surface area (Å²) >= 11 is 3.38. The Morgan fingerprint density at radius 2 is 2.17 bits per heavy atom. The summed E-state index contributed by atoms with van der Waals surface area (Å²) in [7, 11) is 0. The first-order valence-corrected chi connectivity index (χ1v) is 8.12. The van der Waals surface area contributed by atoms with E-state index in [0.717, 1.165) is 10.0 Å². The fourth-order valence-corrected chi connectivity index (χ4v) is 2.92. The highest BCUT2D eigenvalue weighted by Gasteiger charge is 2.33. The van der Waals surface area contributed by atoms with Gasteiger partial charge in [0.15, 0.2) is 0 Å². The number of morpholine rings is 1. The molecule has 1 aromatic carbocycles. The van der Waals surface area contributed by atoms with Crippen LogP contribution in [0.5, 0.6) is 0 Å². The molecule has 3 rings (SSSR count). The molecule has 1 fully saturated rings. The molecule has 0 radical (unpaired) electrons. The first kappa shape index (κ1) is 16.6. The first-order chi connectivity index (χ1) is 11.5. The Hall–Kier alpha value is -2.26. The third-order valence-corrected chi connectivity index (χ3v) is 4.42. The second-order valence-corrected chi connectivity index (χ2v) is 6.38. The number of halogens is 1. The number of aromatic amines is 1. The molecule has 0 bridgehead atoms. The maximum absolute atomic E-state index is 12.6. The lowest BCUT2D eigenvalue weighted by Gasteiger charge is -2.32. The molecule has 2 aromatic rings. The molecule has 1 aromatic heterocycles. The van der Waals surface area contributed by atoms with Crippen LogP contribution in [0.4, 0.5) is 5.69 Å². The van der Waals surface area contributed by atoms with Gasteiger partial charge in [0.1, 0.15) is 11.8 Å². The maximum atomic E-state index is 12.6. The number of nitro groups is 1. The molecule has 0 spiro atoms. The molecule has 8 nitrogen and oxygen atoms in total. The number of carbonyl (C=O) groups excluding carboxylic acids is 1. The third kappa shape index (κ3) is 3.17. The zero-order valence-corrected chi connectivity index (χ0v) is 14.4. The van der Waals surface area contributed by atoms with Crippen molar-refractivity contribution in [1.82, 2.24) is 15.1 Å². The number of nitrogens with one attached hydrogen (secondary N) is 1. The zero-order valence-electron chi connectivity index (χ0n) is 12.9. The summed E-state index contributed by atoms with van der Waals surface area (Å²) < 4.78 is 6.69. The van der Waals surface area contributed by atoms with E-state index in [0.29, 0.717) is 19.7 Å². The maximum Gasteiger partial charge on any atom is 0.322 e. The standard InChI is InChI=1S/C15H15BrN4O4/c1-9-14(20(22)23)13(18-17-9)15(21)19-6-7-24-12(8-19)10-2-4-11(16)5-3-10/h2-5,12H,6-8H2,1H3,(H,17,18). The largest absolute Gasteiger partial charge is 0.370 e. The number of benzene rings is 1. The lowest BCUT2D eigenvalue weighted by Crippen LogP contribution is -2.42. The van der Waals surface area contributed by atoms with Gasteiger partial charge in [-0.3, -0.25) is 20.0 Å². The van der Waals surface area contributed by atoms with E-state index in [2.05, 4.69) is 26.1 Å². The van der Waals surface area contributed by atoms with Gasteiger partial charge in [-0.1, -0.05) is 28.1 Å². The zero-order chi connectivity index (χ0) is 17.3. The summed E-state index contributed by atoms with van der Waals surface area (Å²) in [5.74, 6) is -0.462. The van der Waals surface area contributed by atoms with E-state index >= 15 is 0 Å². The van der Waals surface area contributed by atoms with E-state index in [1.54, 1.807) is 4.90 Å². The molecule has 9 heteroatoms. The van der Waals surface area contributed by atoms with Crippen LogP contribution in [-0.4, -0.2) is 45.6 Å². The van der Waals surface area contributed by atoms with Gasteiger partial charge in [-0.05, 0) is 24.6 Å². The average molecular weight is 395 g/mol. The topological polar surface area (TPSA) is 101 Å². The molecule has 0 saturated carbocycles. The number of rotatable bonds is 3. The Morgan fingerprint density at radius 3 is 2.83 bits per heavy atom. The molecule has 1 saturated heterocycles. The quantitative estimate of drug-likeness (QED) is 0.636. The molecule has 2 heterocycles. The number of hydrogen-bond acceptors (Lipinski definition) is 5. The molecular weight excluding hydrogens is 380 g/mol. The predicted octanol–water partition coefficient (Wildman–Crippen LogP) is 2.60. The summed E-state index contributed by atoms with van der Waals surface area (Å²) in [6.45, 7) is 2.58. The highest BCUT2D eigenvalue weighted by Crippen LogP contribution is 2.27. The van der Waals surface area contributed by atoms with Crippen LogP contribution in [0.25, 0.3) is 0 Å². The Labute approximate surface area is 146 Å². The van der Waals surface area contributed by atoms with Crippen molar-refractivity contribution in [2.24, 2.45) is 0 Å². The van der Waals surface area contributed by atoms with Crippen molar-refractivity contribution in [2.45, 2.75) is 13.0 Å². The first-order valence-electron chi connectivity index (χ1n) is 7.33. The van der Waals surface area contributed by atoms with E-state index in [4.69, 9.17) is 4.74 Å². The summed E-state index contributed by atoms with van der Waals surface area (Å²) in [6, 6.07) is 7.65. The van der Waals surface area contributed by atoms with Crippen LogP contribution in [0.15, 0.2) is 28.7 Å². The van der Waals surface area contributed by atoms with Crippen molar-refractivity contribution >= 4 is 27.5 Å². The summed E-state index contributed by atoms with van der Waals surface area (Å²) in [5, 5.41) is 17.5. The Bertz CT molecular complexity index is 774. The van der Waals surface area contributed by atoms with Gasteiger partial charge < -0.3 is 9.64 Å². The van der Waals surface area contributed by atoms with Crippen molar-refractivity contribution in [3.63, 3.8) is 0 Å². The van der Waals surface area contributed by atoms with Gasteiger partial charge in [0.2, 0.25) is 5.69 Å². The van der Waals surface area contributed by atoms with Crippen molar-refractivity contribution < 1.29 is 14.5 Å². The van der Waals surface area contributed by atoms with E-state index in [-0.39, 0.29) is 23.2 Å².